The molecule has 0 radical (unpaired) electrons. The lowest BCUT2D eigenvalue weighted by Gasteiger charge is -2.15. The molecule has 0 atom stereocenters. The lowest BCUT2D eigenvalue weighted by Crippen LogP contribution is -2.31. The van der Waals surface area contributed by atoms with Crippen LogP contribution < -0.4 is 0 Å². The maximum atomic E-state index is 11.8. The Labute approximate surface area is 92.0 Å². The summed E-state index contributed by atoms with van der Waals surface area (Å²) in [5.74, 6) is -0.837. The van der Waals surface area contributed by atoms with E-state index in [9.17, 15) is 9.90 Å². The van der Waals surface area contributed by atoms with Crippen LogP contribution in [0.15, 0.2) is 18.5 Å². The number of carbonyl (C=O) groups is 1. The highest BCUT2D eigenvalue weighted by Gasteiger charge is 2.18. The number of pyridine rings is 1. The molecule has 0 aromatic carbocycles. The molecule has 16 heavy (non-hydrogen) atoms. The number of hydrogen-bond donors (Lipinski definition) is 1. The number of aromatic nitrogens is 1. The van der Waals surface area contributed by atoms with Crippen LogP contribution in [0.5, 0.6) is 5.75 Å². The third-order valence-electron chi connectivity index (χ3n) is 1.84. The Morgan fingerprint density at radius 3 is 2.56 bits per heavy atom. The summed E-state index contributed by atoms with van der Waals surface area (Å²) in [6.07, 6.45) is 2.48. The Hall–Kier alpha value is -2.60. The first kappa shape index (κ1) is 11.5. The number of hydrogen-bond acceptors (Lipinski definition) is 5. The van der Waals surface area contributed by atoms with Gasteiger partial charge in [-0.2, -0.15) is 10.5 Å². The van der Waals surface area contributed by atoms with Gasteiger partial charge in [-0.25, -0.2) is 0 Å². The van der Waals surface area contributed by atoms with E-state index in [0.29, 0.717) is 0 Å². The lowest BCUT2D eigenvalue weighted by molar-refractivity contribution is 0.0791. The third-order valence-corrected chi connectivity index (χ3v) is 1.84. The maximum Gasteiger partial charge on any atom is 0.259 e. The molecule has 1 aromatic rings. The average Bonchev–Trinajstić information content (AvgIpc) is 2.28. The highest BCUT2D eigenvalue weighted by molar-refractivity contribution is 5.96. The fourth-order valence-corrected chi connectivity index (χ4v) is 1.11. The summed E-state index contributed by atoms with van der Waals surface area (Å²) in [7, 11) is 0. The largest absolute Gasteiger partial charge is 0.505 e. The van der Waals surface area contributed by atoms with E-state index in [4.69, 9.17) is 10.5 Å². The number of rotatable bonds is 3. The standard InChI is InChI=1S/C10H8N4O2/c11-2-5-14(6-3-12)10(16)8-1-4-13-7-9(8)15/h1,4,7,15H,5-6H2. The minimum absolute atomic E-state index is 0.0282. The third kappa shape index (κ3) is 2.46. The lowest BCUT2D eigenvalue weighted by atomic mass is 10.2. The molecule has 0 aliphatic heterocycles. The second-order valence-corrected chi connectivity index (χ2v) is 2.87. The van der Waals surface area contributed by atoms with E-state index in [1.54, 1.807) is 12.1 Å². The minimum atomic E-state index is -0.567. The quantitative estimate of drug-likeness (QED) is 0.731. The molecular formula is C10H8N4O2. The van der Waals surface area contributed by atoms with Gasteiger partial charge in [0.25, 0.3) is 5.91 Å². The molecular weight excluding hydrogens is 208 g/mol. The van der Waals surface area contributed by atoms with Crippen LogP contribution in [-0.4, -0.2) is 34.0 Å². The number of nitriles is 2. The van der Waals surface area contributed by atoms with E-state index in [0.717, 1.165) is 11.1 Å². The van der Waals surface area contributed by atoms with Gasteiger partial charge in [0.1, 0.15) is 18.8 Å². The van der Waals surface area contributed by atoms with Crippen LogP contribution >= 0.6 is 0 Å². The molecule has 1 amide bonds. The number of carbonyl (C=O) groups excluding carboxylic acids is 1. The van der Waals surface area contributed by atoms with Gasteiger partial charge in [-0.1, -0.05) is 0 Å². The SMILES string of the molecule is N#CCN(CC#N)C(=O)c1ccncc1O. The van der Waals surface area contributed by atoms with Crippen molar-refractivity contribution in [2.24, 2.45) is 0 Å². The molecule has 0 unspecified atom stereocenters. The normalized spacial score (nSPS) is 8.88. The van der Waals surface area contributed by atoms with E-state index in [1.165, 1.54) is 12.3 Å². The van der Waals surface area contributed by atoms with Crippen molar-refractivity contribution < 1.29 is 9.90 Å². The maximum absolute atomic E-state index is 11.8. The van der Waals surface area contributed by atoms with Gasteiger partial charge in [0.15, 0.2) is 0 Å². The predicted octanol–water partition coefficient (Wildman–Crippen LogP) is 0.277. The van der Waals surface area contributed by atoms with Crippen molar-refractivity contribution in [3.05, 3.63) is 24.0 Å². The molecule has 0 aliphatic rings. The van der Waals surface area contributed by atoms with Gasteiger partial charge in [-0.3, -0.25) is 9.78 Å². The summed E-state index contributed by atoms with van der Waals surface area (Å²) in [5, 5.41) is 26.4. The van der Waals surface area contributed by atoms with E-state index in [2.05, 4.69) is 4.98 Å². The van der Waals surface area contributed by atoms with Gasteiger partial charge in [0, 0.05) is 6.20 Å². The van der Waals surface area contributed by atoms with Crippen molar-refractivity contribution in [3.8, 4) is 17.9 Å². The van der Waals surface area contributed by atoms with Crippen molar-refractivity contribution in [1.29, 1.82) is 10.5 Å². The molecule has 1 heterocycles. The summed E-state index contributed by atoms with van der Waals surface area (Å²) in [4.78, 5) is 16.4. The molecule has 6 heteroatoms. The van der Waals surface area contributed by atoms with Crippen molar-refractivity contribution in [1.82, 2.24) is 9.88 Å². The Morgan fingerprint density at radius 1 is 1.44 bits per heavy atom. The van der Waals surface area contributed by atoms with Crippen LogP contribution in [0.3, 0.4) is 0 Å². The summed E-state index contributed by atoms with van der Waals surface area (Å²) < 4.78 is 0. The highest BCUT2D eigenvalue weighted by atomic mass is 16.3. The molecule has 1 rings (SSSR count). The van der Waals surface area contributed by atoms with E-state index < -0.39 is 5.91 Å². The van der Waals surface area contributed by atoms with Crippen LogP contribution in [0.1, 0.15) is 10.4 Å². The van der Waals surface area contributed by atoms with Gasteiger partial charge in [0.05, 0.1) is 23.9 Å². The molecule has 0 aliphatic carbocycles. The predicted molar refractivity (Wildman–Crippen MR) is 53.0 cm³/mol. The minimum Gasteiger partial charge on any atom is -0.505 e. The van der Waals surface area contributed by atoms with Gasteiger partial charge in [0.2, 0.25) is 0 Å². The summed E-state index contributed by atoms with van der Waals surface area (Å²) >= 11 is 0. The molecule has 0 saturated carbocycles. The monoisotopic (exact) mass is 216 g/mol. The molecule has 0 spiro atoms. The molecule has 1 N–H and O–H groups in total. The molecule has 0 fully saturated rings. The summed E-state index contributed by atoms with van der Waals surface area (Å²) in [5.41, 5.74) is 0.0282. The highest BCUT2D eigenvalue weighted by Crippen LogP contribution is 2.15. The van der Waals surface area contributed by atoms with Crippen molar-refractivity contribution >= 4 is 5.91 Å². The first-order valence-corrected chi connectivity index (χ1v) is 4.37. The zero-order valence-electron chi connectivity index (χ0n) is 8.29. The second-order valence-electron chi connectivity index (χ2n) is 2.87. The number of nitrogens with zero attached hydrogens (tertiary/aromatic N) is 4. The van der Waals surface area contributed by atoms with E-state index in [1.807, 2.05) is 0 Å². The fourth-order valence-electron chi connectivity index (χ4n) is 1.11. The van der Waals surface area contributed by atoms with Gasteiger partial charge >= 0.3 is 0 Å². The van der Waals surface area contributed by atoms with Crippen molar-refractivity contribution in [3.63, 3.8) is 0 Å². The van der Waals surface area contributed by atoms with Gasteiger partial charge in [-0.05, 0) is 6.07 Å². The van der Waals surface area contributed by atoms with Crippen LogP contribution in [-0.2, 0) is 0 Å². The van der Waals surface area contributed by atoms with Gasteiger partial charge < -0.3 is 10.0 Å². The zero-order valence-corrected chi connectivity index (χ0v) is 8.29. The Balaban J connectivity index is 2.96. The van der Waals surface area contributed by atoms with E-state index in [-0.39, 0.29) is 24.4 Å². The number of aromatic hydroxyl groups is 1. The smallest absolute Gasteiger partial charge is 0.259 e. The van der Waals surface area contributed by atoms with Crippen molar-refractivity contribution in [2.75, 3.05) is 13.1 Å². The first-order valence-electron chi connectivity index (χ1n) is 4.37. The van der Waals surface area contributed by atoms with E-state index >= 15 is 0 Å². The van der Waals surface area contributed by atoms with Crippen LogP contribution in [0.4, 0.5) is 0 Å². The molecule has 1 aromatic heterocycles. The summed E-state index contributed by atoms with van der Waals surface area (Å²) in [6.45, 7) is -0.400. The Kier molecular flexibility index (Phi) is 3.82. The second kappa shape index (κ2) is 5.32. The zero-order chi connectivity index (χ0) is 12.0. The Bertz CT molecular complexity index is 456. The molecule has 80 valence electrons. The van der Waals surface area contributed by atoms with Gasteiger partial charge in [-0.15, -0.1) is 0 Å². The number of amides is 1. The van der Waals surface area contributed by atoms with Crippen LogP contribution in [0, 0.1) is 22.7 Å². The Morgan fingerprint density at radius 2 is 2.06 bits per heavy atom. The van der Waals surface area contributed by atoms with Crippen molar-refractivity contribution in [2.45, 2.75) is 0 Å². The average molecular weight is 216 g/mol. The van der Waals surface area contributed by atoms with Crippen LogP contribution in [0.25, 0.3) is 0 Å². The molecule has 6 nitrogen and oxygen atoms in total. The molecule has 0 saturated heterocycles. The summed E-state index contributed by atoms with van der Waals surface area (Å²) in [6, 6.07) is 4.89. The fraction of sp³-hybridized carbons (Fsp3) is 0.200. The van der Waals surface area contributed by atoms with Crippen LogP contribution in [0.2, 0.25) is 0 Å². The molecule has 0 bridgehead atoms. The first-order chi connectivity index (χ1) is 7.70. The topological polar surface area (TPSA) is 101 Å².